The molecular weight excluding hydrogens is 357 g/mol. The van der Waals surface area contributed by atoms with Crippen LogP contribution < -0.4 is 5.32 Å². The fraction of sp³-hybridized carbons (Fsp3) is 0.636. The van der Waals surface area contributed by atoms with Crippen LogP contribution in [0.2, 0.25) is 0 Å². The summed E-state index contributed by atoms with van der Waals surface area (Å²) in [6, 6.07) is 6.16. The molecule has 3 fully saturated rings. The van der Waals surface area contributed by atoms with Crippen LogP contribution in [0.4, 0.5) is 4.39 Å². The summed E-state index contributed by atoms with van der Waals surface area (Å²) in [7, 11) is 0. The first kappa shape index (κ1) is 19.4. The molecule has 152 valence electrons. The normalized spacial score (nSPS) is 24.9. The predicted molar refractivity (Wildman–Crippen MR) is 105 cm³/mol. The molecule has 5 nitrogen and oxygen atoms in total. The number of halogens is 1. The van der Waals surface area contributed by atoms with Gasteiger partial charge in [0.15, 0.2) is 0 Å². The zero-order valence-electron chi connectivity index (χ0n) is 16.8. The van der Waals surface area contributed by atoms with Crippen molar-refractivity contribution in [2.24, 2.45) is 11.8 Å². The molecule has 0 radical (unpaired) electrons. The van der Waals surface area contributed by atoms with Gasteiger partial charge in [0.05, 0.1) is 11.7 Å². The van der Waals surface area contributed by atoms with E-state index in [1.165, 1.54) is 12.1 Å². The number of carbonyl (C=O) groups is 2. The molecule has 2 saturated heterocycles. The van der Waals surface area contributed by atoms with Crippen molar-refractivity contribution in [3.63, 3.8) is 0 Å². The van der Waals surface area contributed by atoms with Crippen LogP contribution in [0.15, 0.2) is 24.3 Å². The lowest BCUT2D eigenvalue weighted by Crippen LogP contribution is -2.60. The standard InChI is InChI=1S/C22H30FN3O2/c1-15(2)19-21(28)26(14-16-6-8-18(23)9-7-16)22(24-19)10-12-25(13-11-22)20(27)17-4-3-5-17/h6-9,15,17,19,24H,3-5,10-14H2,1-2H3/t19-/m0/s1. The summed E-state index contributed by atoms with van der Waals surface area (Å²) in [5.74, 6) is 0.532. The first-order chi connectivity index (χ1) is 13.4. The first-order valence-corrected chi connectivity index (χ1v) is 10.5. The Morgan fingerprint density at radius 2 is 1.86 bits per heavy atom. The minimum Gasteiger partial charge on any atom is -0.342 e. The van der Waals surface area contributed by atoms with Gasteiger partial charge in [-0.1, -0.05) is 32.4 Å². The molecule has 1 aliphatic carbocycles. The molecule has 1 atom stereocenters. The lowest BCUT2D eigenvalue weighted by molar-refractivity contribution is -0.142. The summed E-state index contributed by atoms with van der Waals surface area (Å²) in [6.45, 7) is 5.94. The average Bonchev–Trinajstić information content (AvgIpc) is 2.89. The number of benzene rings is 1. The van der Waals surface area contributed by atoms with Crippen molar-refractivity contribution < 1.29 is 14.0 Å². The maximum atomic E-state index is 13.3. The zero-order chi connectivity index (χ0) is 19.9. The third kappa shape index (κ3) is 3.43. The van der Waals surface area contributed by atoms with Crippen LogP contribution in [-0.2, 0) is 16.1 Å². The molecule has 2 heterocycles. The maximum Gasteiger partial charge on any atom is 0.241 e. The summed E-state index contributed by atoms with van der Waals surface area (Å²) < 4.78 is 13.3. The number of likely N-dealkylation sites (tertiary alicyclic amines) is 1. The molecule has 0 unspecified atom stereocenters. The van der Waals surface area contributed by atoms with Crippen molar-refractivity contribution in [1.29, 1.82) is 0 Å². The highest BCUT2D eigenvalue weighted by molar-refractivity contribution is 5.85. The van der Waals surface area contributed by atoms with Gasteiger partial charge >= 0.3 is 0 Å². The monoisotopic (exact) mass is 387 g/mol. The summed E-state index contributed by atoms with van der Waals surface area (Å²) in [5, 5.41) is 3.62. The third-order valence-corrected chi connectivity index (χ3v) is 6.75. The second-order valence-electron chi connectivity index (χ2n) is 8.90. The van der Waals surface area contributed by atoms with E-state index in [2.05, 4.69) is 19.2 Å². The lowest BCUT2D eigenvalue weighted by atomic mass is 9.83. The minimum atomic E-state index is -0.420. The molecule has 4 rings (SSSR count). The molecule has 1 N–H and O–H groups in total. The Balaban J connectivity index is 1.52. The molecule has 2 amide bonds. The summed E-state index contributed by atoms with van der Waals surface area (Å²) in [6.07, 6.45) is 4.67. The second kappa shape index (κ2) is 7.47. The van der Waals surface area contributed by atoms with Gasteiger partial charge in [-0.25, -0.2) is 4.39 Å². The molecule has 28 heavy (non-hydrogen) atoms. The number of hydrogen-bond acceptors (Lipinski definition) is 3. The Morgan fingerprint density at radius 3 is 2.39 bits per heavy atom. The SMILES string of the molecule is CC(C)[C@@H]1NC2(CCN(C(=O)C3CCC3)CC2)N(Cc2ccc(F)cc2)C1=O. The van der Waals surface area contributed by atoms with Gasteiger partial charge < -0.3 is 9.80 Å². The summed E-state index contributed by atoms with van der Waals surface area (Å²) in [4.78, 5) is 29.7. The molecule has 1 aromatic carbocycles. The summed E-state index contributed by atoms with van der Waals surface area (Å²) in [5.41, 5.74) is 0.505. The van der Waals surface area contributed by atoms with Crippen molar-refractivity contribution in [2.45, 2.75) is 64.2 Å². The smallest absolute Gasteiger partial charge is 0.241 e. The molecule has 1 saturated carbocycles. The van der Waals surface area contributed by atoms with E-state index in [1.807, 2.05) is 9.80 Å². The number of nitrogens with zero attached hydrogens (tertiary/aromatic N) is 2. The number of hydrogen-bond donors (Lipinski definition) is 1. The van der Waals surface area contributed by atoms with Crippen molar-refractivity contribution >= 4 is 11.8 Å². The van der Waals surface area contributed by atoms with Crippen LogP contribution in [0.25, 0.3) is 0 Å². The number of rotatable bonds is 4. The topological polar surface area (TPSA) is 52.7 Å². The van der Waals surface area contributed by atoms with Crippen LogP contribution in [0, 0.1) is 17.7 Å². The maximum absolute atomic E-state index is 13.3. The van der Waals surface area contributed by atoms with Crippen LogP contribution in [0.3, 0.4) is 0 Å². The molecular formula is C22H30FN3O2. The van der Waals surface area contributed by atoms with E-state index in [9.17, 15) is 14.0 Å². The Bertz CT molecular complexity index is 737. The number of nitrogens with one attached hydrogen (secondary N) is 1. The van der Waals surface area contributed by atoms with Crippen LogP contribution >= 0.6 is 0 Å². The van der Waals surface area contributed by atoms with Gasteiger partial charge in [0.25, 0.3) is 0 Å². The van der Waals surface area contributed by atoms with Gasteiger partial charge in [0, 0.05) is 38.4 Å². The Labute approximate surface area is 166 Å². The number of piperidine rings is 1. The van der Waals surface area contributed by atoms with Crippen molar-refractivity contribution in [3.8, 4) is 0 Å². The quantitative estimate of drug-likeness (QED) is 0.864. The molecule has 2 aliphatic heterocycles. The van der Waals surface area contributed by atoms with E-state index < -0.39 is 5.66 Å². The Hall–Kier alpha value is -1.95. The van der Waals surface area contributed by atoms with E-state index in [0.717, 1.165) is 37.7 Å². The van der Waals surface area contributed by atoms with E-state index in [1.54, 1.807) is 12.1 Å². The van der Waals surface area contributed by atoms with Crippen molar-refractivity contribution in [2.75, 3.05) is 13.1 Å². The molecule has 1 aromatic rings. The van der Waals surface area contributed by atoms with E-state index in [4.69, 9.17) is 0 Å². The van der Waals surface area contributed by atoms with E-state index in [0.29, 0.717) is 19.6 Å². The third-order valence-electron chi connectivity index (χ3n) is 6.75. The van der Waals surface area contributed by atoms with Crippen LogP contribution in [-0.4, -0.2) is 46.4 Å². The molecule has 0 bridgehead atoms. The highest BCUT2D eigenvalue weighted by Crippen LogP contribution is 2.37. The molecule has 1 spiro atoms. The fourth-order valence-electron chi connectivity index (χ4n) is 4.69. The van der Waals surface area contributed by atoms with Gasteiger partial charge in [-0.3, -0.25) is 14.9 Å². The summed E-state index contributed by atoms with van der Waals surface area (Å²) >= 11 is 0. The van der Waals surface area contributed by atoms with Gasteiger partial charge in [-0.05, 0) is 36.5 Å². The largest absolute Gasteiger partial charge is 0.342 e. The Kier molecular flexibility index (Phi) is 5.17. The predicted octanol–water partition coefficient (Wildman–Crippen LogP) is 2.90. The van der Waals surface area contributed by atoms with Gasteiger partial charge in [0.2, 0.25) is 11.8 Å². The second-order valence-corrected chi connectivity index (χ2v) is 8.90. The van der Waals surface area contributed by atoms with E-state index >= 15 is 0 Å². The zero-order valence-corrected chi connectivity index (χ0v) is 16.8. The highest BCUT2D eigenvalue weighted by Gasteiger charge is 2.52. The lowest BCUT2D eigenvalue weighted by Gasteiger charge is -2.46. The minimum absolute atomic E-state index is 0.109. The van der Waals surface area contributed by atoms with Crippen molar-refractivity contribution in [1.82, 2.24) is 15.1 Å². The van der Waals surface area contributed by atoms with Gasteiger partial charge in [-0.2, -0.15) is 0 Å². The van der Waals surface area contributed by atoms with Crippen molar-refractivity contribution in [3.05, 3.63) is 35.6 Å². The van der Waals surface area contributed by atoms with Gasteiger partial charge in [0.1, 0.15) is 5.82 Å². The molecule has 3 aliphatic rings. The van der Waals surface area contributed by atoms with Gasteiger partial charge in [-0.15, -0.1) is 0 Å². The number of carbonyl (C=O) groups excluding carboxylic acids is 2. The van der Waals surface area contributed by atoms with E-state index in [-0.39, 0.29) is 35.5 Å². The highest BCUT2D eigenvalue weighted by atomic mass is 19.1. The molecule has 6 heteroatoms. The Morgan fingerprint density at radius 1 is 1.21 bits per heavy atom. The average molecular weight is 387 g/mol. The number of amides is 2. The molecule has 0 aromatic heterocycles. The van der Waals surface area contributed by atoms with Crippen LogP contribution in [0.1, 0.15) is 51.5 Å². The first-order valence-electron chi connectivity index (χ1n) is 10.5. The van der Waals surface area contributed by atoms with Crippen LogP contribution in [0.5, 0.6) is 0 Å². The fourth-order valence-corrected chi connectivity index (χ4v) is 4.69.